The molecule has 2 rings (SSSR count). The van der Waals surface area contributed by atoms with Crippen LogP contribution in [0, 0.1) is 11.7 Å². The number of halogens is 1. The van der Waals surface area contributed by atoms with Gasteiger partial charge in [0.05, 0.1) is 32.5 Å². The summed E-state index contributed by atoms with van der Waals surface area (Å²) in [6, 6.07) is 14.3. The van der Waals surface area contributed by atoms with Gasteiger partial charge < -0.3 is 23.7 Å². The van der Waals surface area contributed by atoms with Crippen LogP contribution in [0.3, 0.4) is 0 Å². The molecule has 0 bridgehead atoms. The number of benzene rings is 2. The average Bonchev–Trinajstić information content (AvgIpc) is 2.83. The minimum Gasteiger partial charge on any atom is -0.497 e. The van der Waals surface area contributed by atoms with Crippen molar-refractivity contribution in [1.82, 2.24) is 0 Å². The molecule has 6 heteroatoms. The van der Waals surface area contributed by atoms with Gasteiger partial charge in [0, 0.05) is 19.1 Å². The molecule has 0 fully saturated rings. The molecule has 0 saturated heterocycles. The molecular weight excluding hydrogens is 423 g/mol. The van der Waals surface area contributed by atoms with E-state index in [1.54, 1.807) is 25.3 Å². The Balaban J connectivity index is 2.11. The van der Waals surface area contributed by atoms with E-state index in [1.165, 1.54) is 12.1 Å². The molecular formula is C27H37FO5. The smallest absolute Gasteiger partial charge is 0.180 e. The highest BCUT2D eigenvalue weighted by molar-refractivity contribution is 5.26. The first-order valence-corrected chi connectivity index (χ1v) is 11.5. The zero-order chi connectivity index (χ0) is 24.1. The Labute approximate surface area is 197 Å². The van der Waals surface area contributed by atoms with E-state index in [-0.39, 0.29) is 30.5 Å². The Morgan fingerprint density at radius 3 is 2.03 bits per heavy atom. The molecule has 0 N–H and O–H groups in total. The number of rotatable bonds is 16. The van der Waals surface area contributed by atoms with Crippen LogP contribution in [0.5, 0.6) is 5.75 Å². The molecule has 0 unspecified atom stereocenters. The van der Waals surface area contributed by atoms with Gasteiger partial charge in [-0.3, -0.25) is 0 Å². The first-order valence-electron chi connectivity index (χ1n) is 11.5. The Morgan fingerprint density at radius 2 is 1.48 bits per heavy atom. The van der Waals surface area contributed by atoms with Crippen molar-refractivity contribution in [3.63, 3.8) is 0 Å². The first kappa shape index (κ1) is 27.0. The Kier molecular flexibility index (Phi) is 12.1. The van der Waals surface area contributed by atoms with Gasteiger partial charge in [0.25, 0.3) is 0 Å². The number of hydrogen-bond donors (Lipinski definition) is 0. The fraction of sp³-hybridized carbons (Fsp3) is 0.481. The van der Waals surface area contributed by atoms with E-state index in [0.717, 1.165) is 16.9 Å². The first-order chi connectivity index (χ1) is 16.0. The van der Waals surface area contributed by atoms with Gasteiger partial charge in [0.1, 0.15) is 11.6 Å². The van der Waals surface area contributed by atoms with Crippen LogP contribution >= 0.6 is 0 Å². The Morgan fingerprint density at radius 1 is 0.879 bits per heavy atom. The SMILES string of the molecule is C=C[C@@H](OCC(OCC)OCC)[C@H](Cc1ccc(F)cc1)[C@H](C)OCc1ccc(OC)cc1. The molecule has 0 radical (unpaired) electrons. The molecule has 5 nitrogen and oxygen atoms in total. The molecule has 0 heterocycles. The van der Waals surface area contributed by atoms with Crippen LogP contribution in [0.4, 0.5) is 4.39 Å². The van der Waals surface area contributed by atoms with Gasteiger partial charge in [0.15, 0.2) is 6.29 Å². The van der Waals surface area contributed by atoms with Gasteiger partial charge in [-0.2, -0.15) is 0 Å². The predicted molar refractivity (Wildman–Crippen MR) is 128 cm³/mol. The molecule has 0 spiro atoms. The van der Waals surface area contributed by atoms with E-state index in [2.05, 4.69) is 6.58 Å². The maximum atomic E-state index is 13.4. The third-order valence-electron chi connectivity index (χ3n) is 5.44. The van der Waals surface area contributed by atoms with E-state index in [0.29, 0.717) is 26.2 Å². The minimum atomic E-state index is -0.440. The zero-order valence-electron chi connectivity index (χ0n) is 20.2. The van der Waals surface area contributed by atoms with Gasteiger partial charge in [-0.05, 0) is 62.6 Å². The lowest BCUT2D eigenvalue weighted by molar-refractivity contribution is -0.179. The predicted octanol–water partition coefficient (Wildman–Crippen LogP) is 5.57. The van der Waals surface area contributed by atoms with Crippen LogP contribution in [-0.4, -0.2) is 45.4 Å². The van der Waals surface area contributed by atoms with Crippen molar-refractivity contribution in [2.24, 2.45) is 5.92 Å². The standard InChI is InChI=1S/C27H37FO5/c1-6-26(33-19-27(30-7-2)31-8-3)25(17-21-9-13-23(28)14-10-21)20(4)32-18-22-11-15-24(29-5)16-12-22/h6,9-16,20,25-27H,1,7-8,17-19H2,2-5H3/t20-,25+,26+/m0/s1. The van der Waals surface area contributed by atoms with E-state index in [1.807, 2.05) is 45.0 Å². The second kappa shape index (κ2) is 14.8. The molecule has 0 amide bonds. The zero-order valence-corrected chi connectivity index (χ0v) is 20.2. The lowest BCUT2D eigenvalue weighted by Gasteiger charge is -2.31. The maximum absolute atomic E-state index is 13.4. The monoisotopic (exact) mass is 460 g/mol. The molecule has 0 aromatic heterocycles. The fourth-order valence-electron chi connectivity index (χ4n) is 3.59. The van der Waals surface area contributed by atoms with Gasteiger partial charge >= 0.3 is 0 Å². The number of methoxy groups -OCH3 is 1. The van der Waals surface area contributed by atoms with Crippen LogP contribution in [0.2, 0.25) is 0 Å². The topological polar surface area (TPSA) is 46.2 Å². The van der Waals surface area contributed by atoms with Crippen molar-refractivity contribution in [3.05, 3.63) is 78.1 Å². The molecule has 182 valence electrons. The van der Waals surface area contributed by atoms with Gasteiger partial charge in [-0.15, -0.1) is 6.58 Å². The molecule has 0 aliphatic heterocycles. The molecule has 2 aromatic carbocycles. The highest BCUT2D eigenvalue weighted by Crippen LogP contribution is 2.24. The van der Waals surface area contributed by atoms with E-state index >= 15 is 0 Å². The second-order valence-corrected chi connectivity index (χ2v) is 7.73. The van der Waals surface area contributed by atoms with Crippen LogP contribution in [0.1, 0.15) is 31.9 Å². The average molecular weight is 461 g/mol. The molecule has 0 aliphatic rings. The summed E-state index contributed by atoms with van der Waals surface area (Å²) < 4.78 is 42.3. The van der Waals surface area contributed by atoms with Crippen molar-refractivity contribution in [3.8, 4) is 5.75 Å². The van der Waals surface area contributed by atoms with Crippen LogP contribution in [0.25, 0.3) is 0 Å². The summed E-state index contributed by atoms with van der Waals surface area (Å²) in [6.07, 6.45) is 1.54. The van der Waals surface area contributed by atoms with Crippen LogP contribution in [-0.2, 0) is 32.0 Å². The Bertz CT molecular complexity index is 787. The third-order valence-corrected chi connectivity index (χ3v) is 5.44. The van der Waals surface area contributed by atoms with Crippen molar-refractivity contribution in [1.29, 1.82) is 0 Å². The van der Waals surface area contributed by atoms with E-state index in [4.69, 9.17) is 23.7 Å². The van der Waals surface area contributed by atoms with Gasteiger partial charge in [-0.1, -0.05) is 30.3 Å². The summed E-state index contributed by atoms with van der Waals surface area (Å²) in [7, 11) is 1.64. The van der Waals surface area contributed by atoms with Crippen LogP contribution in [0.15, 0.2) is 61.2 Å². The van der Waals surface area contributed by atoms with Gasteiger partial charge in [-0.25, -0.2) is 4.39 Å². The summed E-state index contributed by atoms with van der Waals surface area (Å²) in [4.78, 5) is 0. The van der Waals surface area contributed by atoms with Crippen LogP contribution < -0.4 is 4.74 Å². The summed E-state index contributed by atoms with van der Waals surface area (Å²) in [5.41, 5.74) is 2.05. The van der Waals surface area contributed by atoms with Crippen molar-refractivity contribution in [2.45, 2.75) is 52.3 Å². The highest BCUT2D eigenvalue weighted by Gasteiger charge is 2.28. The quantitative estimate of drug-likeness (QED) is 0.242. The maximum Gasteiger partial charge on any atom is 0.180 e. The lowest BCUT2D eigenvalue weighted by Crippen LogP contribution is -2.37. The second-order valence-electron chi connectivity index (χ2n) is 7.73. The number of hydrogen-bond acceptors (Lipinski definition) is 5. The van der Waals surface area contributed by atoms with E-state index < -0.39 is 6.29 Å². The normalized spacial score (nSPS) is 14.1. The Hall–Kier alpha value is -2.25. The molecule has 3 atom stereocenters. The summed E-state index contributed by atoms with van der Waals surface area (Å²) in [5, 5.41) is 0. The van der Waals surface area contributed by atoms with Crippen molar-refractivity contribution in [2.75, 3.05) is 26.9 Å². The lowest BCUT2D eigenvalue weighted by atomic mass is 9.89. The highest BCUT2D eigenvalue weighted by atomic mass is 19.1. The molecule has 0 saturated carbocycles. The van der Waals surface area contributed by atoms with Crippen molar-refractivity contribution >= 4 is 0 Å². The summed E-state index contributed by atoms with van der Waals surface area (Å²) in [5.74, 6) is 0.501. The summed E-state index contributed by atoms with van der Waals surface area (Å²) >= 11 is 0. The van der Waals surface area contributed by atoms with E-state index in [9.17, 15) is 4.39 Å². The molecule has 0 aliphatic carbocycles. The summed E-state index contributed by atoms with van der Waals surface area (Å²) in [6.45, 7) is 11.7. The third kappa shape index (κ3) is 9.26. The minimum absolute atomic E-state index is 0.0462. The molecule has 2 aromatic rings. The molecule has 33 heavy (non-hydrogen) atoms. The number of ether oxygens (including phenoxy) is 5. The van der Waals surface area contributed by atoms with Gasteiger partial charge in [0.2, 0.25) is 0 Å². The fourth-order valence-corrected chi connectivity index (χ4v) is 3.59. The van der Waals surface area contributed by atoms with Crippen molar-refractivity contribution < 1.29 is 28.1 Å². The largest absolute Gasteiger partial charge is 0.497 e.